The van der Waals surface area contributed by atoms with Crippen LogP contribution < -0.4 is 15.0 Å². The molecule has 212 valence electrons. The largest absolute Gasteiger partial charge is 0.508 e. The standard InChI is InChI=1S/C32H33F2N5O2/c1-3-18-5-4-6-19-9-24(40)11-25(29(18)19)31-30(34)32-26(13-35-31)27(39-15-21-7-8-22(16-39)36-21)12-28(37-32)41-17-23-10-20(33)14-38(23)2/h3-6,9,11-13,20-23,36,40H,1,7-8,10,14-17H2,2H3/t20-,21?,22?,23-/m0/s1. The Kier molecular flexibility index (Phi) is 6.51. The van der Waals surface area contributed by atoms with Crippen molar-refractivity contribution >= 4 is 33.4 Å². The third kappa shape index (κ3) is 4.67. The zero-order valence-corrected chi connectivity index (χ0v) is 23.0. The van der Waals surface area contributed by atoms with Crippen LogP contribution in [0.4, 0.5) is 14.5 Å². The minimum atomic E-state index is -0.881. The van der Waals surface area contributed by atoms with E-state index in [0.29, 0.717) is 41.9 Å². The Morgan fingerprint density at radius 1 is 1.17 bits per heavy atom. The van der Waals surface area contributed by atoms with Crippen LogP contribution in [-0.2, 0) is 0 Å². The van der Waals surface area contributed by atoms with E-state index in [9.17, 15) is 9.50 Å². The number of likely N-dealkylation sites (tertiary alicyclic amines) is 1. The molecule has 2 aromatic carbocycles. The number of benzene rings is 2. The van der Waals surface area contributed by atoms with Crippen LogP contribution in [0, 0.1) is 5.82 Å². The van der Waals surface area contributed by atoms with Crippen molar-refractivity contribution in [2.24, 2.45) is 0 Å². The van der Waals surface area contributed by atoms with Crippen molar-refractivity contribution in [3.05, 3.63) is 60.6 Å². The van der Waals surface area contributed by atoms with E-state index in [4.69, 9.17) is 4.74 Å². The number of ether oxygens (including phenoxy) is 1. The number of halogens is 2. The van der Waals surface area contributed by atoms with Crippen LogP contribution in [0.15, 0.2) is 49.2 Å². The lowest BCUT2D eigenvalue weighted by Crippen LogP contribution is -2.51. The SMILES string of the molecule is C=Cc1cccc2cc(O)cc(-c3ncc4c(N5CC6CCC(C5)N6)cc(OC[C@@H]5C[C@H](F)CN5C)nc4c3F)c12. The molecule has 3 fully saturated rings. The zero-order valence-electron chi connectivity index (χ0n) is 23.0. The highest BCUT2D eigenvalue weighted by Gasteiger charge is 2.34. The second kappa shape index (κ2) is 10.2. The van der Waals surface area contributed by atoms with E-state index in [-0.39, 0.29) is 29.6 Å². The van der Waals surface area contributed by atoms with Crippen LogP contribution in [0.1, 0.15) is 24.8 Å². The van der Waals surface area contributed by atoms with E-state index in [1.54, 1.807) is 18.3 Å². The first-order chi connectivity index (χ1) is 19.9. The van der Waals surface area contributed by atoms with Gasteiger partial charge in [0.2, 0.25) is 5.88 Å². The molecule has 3 aliphatic heterocycles. The van der Waals surface area contributed by atoms with Crippen LogP contribution in [0.5, 0.6) is 11.6 Å². The maximum absolute atomic E-state index is 16.6. The number of likely N-dealkylation sites (N-methyl/N-ethyl adjacent to an activating group) is 1. The van der Waals surface area contributed by atoms with Crippen LogP contribution in [0.2, 0.25) is 0 Å². The van der Waals surface area contributed by atoms with Gasteiger partial charge in [-0.25, -0.2) is 13.8 Å². The van der Waals surface area contributed by atoms with E-state index < -0.39 is 12.0 Å². The first-order valence-corrected chi connectivity index (χ1v) is 14.2. The second-order valence-corrected chi connectivity index (χ2v) is 11.6. The molecule has 7 rings (SSSR count). The highest BCUT2D eigenvalue weighted by molar-refractivity contribution is 6.04. The van der Waals surface area contributed by atoms with Crippen LogP contribution in [0.25, 0.3) is 39.0 Å². The van der Waals surface area contributed by atoms with Crippen LogP contribution >= 0.6 is 0 Å². The quantitative estimate of drug-likeness (QED) is 0.333. The van der Waals surface area contributed by atoms with Gasteiger partial charge < -0.3 is 20.1 Å². The molecular weight excluding hydrogens is 524 g/mol. The summed E-state index contributed by atoms with van der Waals surface area (Å²) in [6.07, 6.45) is 5.13. The number of alkyl halides is 1. The van der Waals surface area contributed by atoms with Crippen molar-refractivity contribution in [3.63, 3.8) is 0 Å². The third-order valence-electron chi connectivity index (χ3n) is 8.84. The molecule has 0 saturated carbocycles. The molecule has 5 heterocycles. The van der Waals surface area contributed by atoms with Crippen molar-refractivity contribution in [2.75, 3.05) is 38.2 Å². The number of fused-ring (bicyclic) bond motifs is 4. The number of phenols is 1. The summed E-state index contributed by atoms with van der Waals surface area (Å²) in [6.45, 7) is 6.16. The molecule has 4 aromatic rings. The van der Waals surface area contributed by atoms with Crippen molar-refractivity contribution in [2.45, 2.75) is 43.6 Å². The minimum absolute atomic E-state index is 0.0175. The van der Waals surface area contributed by atoms with Gasteiger partial charge >= 0.3 is 0 Å². The van der Waals surface area contributed by atoms with Crippen molar-refractivity contribution in [1.29, 1.82) is 0 Å². The van der Waals surface area contributed by atoms with Crippen molar-refractivity contribution in [3.8, 4) is 22.9 Å². The molecule has 2 N–H and O–H groups in total. The summed E-state index contributed by atoms with van der Waals surface area (Å²) in [5.74, 6) is -0.263. The normalized spacial score (nSPS) is 24.4. The average Bonchev–Trinajstić information content (AvgIpc) is 3.48. The molecule has 0 radical (unpaired) electrons. The summed E-state index contributed by atoms with van der Waals surface area (Å²) < 4.78 is 36.8. The van der Waals surface area contributed by atoms with E-state index >= 15 is 4.39 Å². The molecule has 2 unspecified atom stereocenters. The number of piperazine rings is 1. The lowest BCUT2D eigenvalue weighted by molar-refractivity contribution is 0.193. The van der Waals surface area contributed by atoms with E-state index in [1.807, 2.05) is 36.2 Å². The summed E-state index contributed by atoms with van der Waals surface area (Å²) in [4.78, 5) is 13.5. The lowest BCUT2D eigenvalue weighted by atomic mass is 9.96. The van der Waals surface area contributed by atoms with E-state index in [2.05, 4.69) is 26.8 Å². The Balaban J connectivity index is 1.37. The number of anilines is 1. The van der Waals surface area contributed by atoms with Gasteiger partial charge in [0, 0.05) is 61.0 Å². The maximum atomic E-state index is 16.6. The molecule has 0 aliphatic carbocycles. The highest BCUT2D eigenvalue weighted by Crippen LogP contribution is 2.40. The fraction of sp³-hybridized carbons (Fsp3) is 0.375. The molecule has 0 amide bonds. The summed E-state index contributed by atoms with van der Waals surface area (Å²) in [7, 11) is 1.89. The van der Waals surface area contributed by atoms with Gasteiger partial charge in [-0.1, -0.05) is 30.9 Å². The van der Waals surface area contributed by atoms with E-state index in [1.165, 1.54) is 6.07 Å². The Hall–Kier alpha value is -3.82. The fourth-order valence-corrected chi connectivity index (χ4v) is 6.81. The van der Waals surface area contributed by atoms with Crippen LogP contribution in [-0.4, -0.2) is 77.6 Å². The number of rotatable bonds is 6. The monoisotopic (exact) mass is 557 g/mol. The van der Waals surface area contributed by atoms with Gasteiger partial charge in [-0.2, -0.15) is 0 Å². The third-order valence-corrected chi connectivity index (χ3v) is 8.84. The topological polar surface area (TPSA) is 73.8 Å². The number of nitrogens with one attached hydrogen (secondary N) is 1. The Bertz CT molecular complexity index is 1650. The molecular formula is C32H33F2N5O2. The highest BCUT2D eigenvalue weighted by atomic mass is 19.1. The summed E-state index contributed by atoms with van der Waals surface area (Å²) in [5.41, 5.74) is 2.36. The Morgan fingerprint density at radius 3 is 2.71 bits per heavy atom. The molecule has 2 bridgehead atoms. The predicted octanol–water partition coefficient (Wildman–Crippen LogP) is 5.30. The predicted molar refractivity (Wildman–Crippen MR) is 158 cm³/mol. The van der Waals surface area contributed by atoms with Crippen molar-refractivity contribution < 1.29 is 18.6 Å². The lowest BCUT2D eigenvalue weighted by Gasteiger charge is -2.35. The number of nitrogens with zero attached hydrogens (tertiary/aromatic N) is 4. The minimum Gasteiger partial charge on any atom is -0.508 e. The van der Waals surface area contributed by atoms with E-state index in [0.717, 1.165) is 48.0 Å². The molecule has 4 atom stereocenters. The van der Waals surface area contributed by atoms with Gasteiger partial charge in [-0.15, -0.1) is 0 Å². The van der Waals surface area contributed by atoms with Gasteiger partial charge in [0.15, 0.2) is 5.82 Å². The Labute approximate surface area is 237 Å². The fourth-order valence-electron chi connectivity index (χ4n) is 6.81. The number of phenolic OH excluding ortho intramolecular Hbond substituents is 1. The Morgan fingerprint density at radius 2 is 1.98 bits per heavy atom. The van der Waals surface area contributed by atoms with Gasteiger partial charge in [0.05, 0.1) is 5.69 Å². The number of aromatic nitrogens is 2. The van der Waals surface area contributed by atoms with Gasteiger partial charge in [0.25, 0.3) is 0 Å². The van der Waals surface area contributed by atoms with Crippen LogP contribution in [0.3, 0.4) is 0 Å². The summed E-state index contributed by atoms with van der Waals surface area (Å²) in [6, 6.07) is 11.4. The number of pyridine rings is 2. The first-order valence-electron chi connectivity index (χ1n) is 14.2. The van der Waals surface area contributed by atoms with Gasteiger partial charge in [0.1, 0.15) is 29.7 Å². The summed E-state index contributed by atoms with van der Waals surface area (Å²) >= 11 is 0. The first kappa shape index (κ1) is 26.1. The summed E-state index contributed by atoms with van der Waals surface area (Å²) in [5, 5.41) is 16.3. The molecule has 0 spiro atoms. The molecule has 41 heavy (non-hydrogen) atoms. The molecule has 3 aliphatic rings. The molecule has 7 nitrogen and oxygen atoms in total. The maximum Gasteiger partial charge on any atom is 0.216 e. The second-order valence-electron chi connectivity index (χ2n) is 11.6. The molecule has 3 saturated heterocycles. The molecule has 2 aromatic heterocycles. The number of hydrogen-bond donors (Lipinski definition) is 2. The number of hydrogen-bond acceptors (Lipinski definition) is 7. The average molecular weight is 558 g/mol. The van der Waals surface area contributed by atoms with Gasteiger partial charge in [-0.3, -0.25) is 9.88 Å². The molecule has 9 heteroatoms. The smallest absolute Gasteiger partial charge is 0.216 e. The van der Waals surface area contributed by atoms with Crippen molar-refractivity contribution in [1.82, 2.24) is 20.2 Å². The van der Waals surface area contributed by atoms with Gasteiger partial charge in [-0.05, 0) is 54.8 Å². The number of aromatic hydroxyl groups is 1. The zero-order chi connectivity index (χ0) is 28.2.